The van der Waals surface area contributed by atoms with Crippen LogP contribution in [0.25, 0.3) is 0 Å². The molecule has 0 spiro atoms. The van der Waals surface area contributed by atoms with Crippen LogP contribution in [-0.4, -0.2) is 31.7 Å². The molecule has 0 saturated heterocycles. The average Bonchev–Trinajstić information content (AvgIpc) is 3.15. The molecule has 1 aromatic carbocycles. The molecule has 1 heterocycles. The zero-order chi connectivity index (χ0) is 20.0. The van der Waals surface area contributed by atoms with Gasteiger partial charge in [-0.1, -0.05) is 17.7 Å². The van der Waals surface area contributed by atoms with E-state index in [9.17, 15) is 9.59 Å². The Kier molecular flexibility index (Phi) is 7.50. The number of carbonyl (C=O) groups is 2. The van der Waals surface area contributed by atoms with Crippen LogP contribution in [-0.2, 0) is 9.53 Å². The van der Waals surface area contributed by atoms with Gasteiger partial charge >= 0.3 is 5.97 Å². The zero-order valence-corrected chi connectivity index (χ0v) is 17.1. The lowest BCUT2D eigenvalue weighted by Crippen LogP contribution is -2.30. The summed E-state index contributed by atoms with van der Waals surface area (Å²) in [6.07, 6.45) is -0.108. The number of nitrogens with one attached hydrogen (secondary N) is 1. The Morgan fingerprint density at radius 1 is 1.26 bits per heavy atom. The topological polar surface area (TPSA) is 73.9 Å². The van der Waals surface area contributed by atoms with Crippen molar-refractivity contribution in [3.8, 4) is 11.5 Å². The van der Waals surface area contributed by atoms with Crippen LogP contribution in [0.15, 0.2) is 29.6 Å². The Balaban J connectivity index is 1.99. The number of halogens is 1. The number of esters is 1. The van der Waals surface area contributed by atoms with Crippen LogP contribution in [0.1, 0.15) is 42.0 Å². The predicted molar refractivity (Wildman–Crippen MR) is 105 cm³/mol. The van der Waals surface area contributed by atoms with E-state index in [0.717, 1.165) is 4.88 Å². The number of rotatable bonds is 8. The largest absolute Gasteiger partial charge is 0.493 e. The molecule has 0 aliphatic rings. The molecule has 8 heteroatoms. The standard InChI is InChI=1S/C19H22ClNO5S/c1-11(2)26-18-14(20)8-13(9-15(18)24-4)19(23)25-10-17(22)21-12(3)16-6-5-7-27-16/h5-9,11-12H,10H2,1-4H3,(H,21,22)/t12-/m1/s1. The summed E-state index contributed by atoms with van der Waals surface area (Å²) in [5.41, 5.74) is 0.173. The van der Waals surface area contributed by atoms with E-state index in [1.165, 1.54) is 19.2 Å². The summed E-state index contributed by atoms with van der Waals surface area (Å²) in [4.78, 5) is 25.3. The van der Waals surface area contributed by atoms with E-state index in [4.69, 9.17) is 25.8 Å². The van der Waals surface area contributed by atoms with Crippen molar-refractivity contribution >= 4 is 34.8 Å². The van der Waals surface area contributed by atoms with E-state index in [1.54, 1.807) is 11.3 Å². The molecule has 0 radical (unpaired) electrons. The molecule has 6 nitrogen and oxygen atoms in total. The van der Waals surface area contributed by atoms with Gasteiger partial charge in [0.15, 0.2) is 18.1 Å². The van der Waals surface area contributed by atoms with Crippen LogP contribution >= 0.6 is 22.9 Å². The van der Waals surface area contributed by atoms with Gasteiger partial charge in [0.2, 0.25) is 0 Å². The minimum atomic E-state index is -0.676. The lowest BCUT2D eigenvalue weighted by Gasteiger charge is -2.16. The Morgan fingerprint density at radius 3 is 2.59 bits per heavy atom. The van der Waals surface area contributed by atoms with Crippen LogP contribution < -0.4 is 14.8 Å². The summed E-state index contributed by atoms with van der Waals surface area (Å²) >= 11 is 7.74. The van der Waals surface area contributed by atoms with Gasteiger partial charge in [0.25, 0.3) is 5.91 Å². The number of hydrogen-bond acceptors (Lipinski definition) is 6. The maximum Gasteiger partial charge on any atom is 0.338 e. The number of hydrogen-bond donors (Lipinski definition) is 1. The lowest BCUT2D eigenvalue weighted by atomic mass is 10.2. The first-order valence-electron chi connectivity index (χ1n) is 8.36. The molecule has 0 aliphatic carbocycles. The maximum absolute atomic E-state index is 12.3. The smallest absolute Gasteiger partial charge is 0.338 e. The van der Waals surface area contributed by atoms with Crippen LogP contribution in [0.4, 0.5) is 0 Å². The molecule has 1 atom stereocenters. The fourth-order valence-electron chi connectivity index (χ4n) is 2.29. The molecule has 0 saturated carbocycles. The van der Waals surface area contributed by atoms with Crippen molar-refractivity contribution in [1.82, 2.24) is 5.32 Å². The molecule has 27 heavy (non-hydrogen) atoms. The summed E-state index contributed by atoms with van der Waals surface area (Å²) in [6.45, 7) is 5.18. The molecule has 1 amide bonds. The Hall–Kier alpha value is -2.25. The van der Waals surface area contributed by atoms with Crippen LogP contribution in [0.5, 0.6) is 11.5 Å². The molecular weight excluding hydrogens is 390 g/mol. The molecule has 1 aromatic heterocycles. The van der Waals surface area contributed by atoms with Crippen molar-refractivity contribution in [3.63, 3.8) is 0 Å². The molecular formula is C19H22ClNO5S. The highest BCUT2D eigenvalue weighted by Gasteiger charge is 2.19. The van der Waals surface area contributed by atoms with Crippen molar-refractivity contribution in [1.29, 1.82) is 0 Å². The van der Waals surface area contributed by atoms with Gasteiger partial charge in [0.05, 0.1) is 29.8 Å². The Bertz CT molecular complexity index is 792. The second kappa shape index (κ2) is 9.62. The number of benzene rings is 1. The third kappa shape index (κ3) is 5.87. The summed E-state index contributed by atoms with van der Waals surface area (Å²) in [5.74, 6) is -0.389. The number of carbonyl (C=O) groups excluding carboxylic acids is 2. The second-order valence-corrected chi connectivity index (χ2v) is 7.42. The van der Waals surface area contributed by atoms with Crippen LogP contribution in [0, 0.1) is 0 Å². The minimum Gasteiger partial charge on any atom is -0.493 e. The highest BCUT2D eigenvalue weighted by Crippen LogP contribution is 2.37. The van der Waals surface area contributed by atoms with Gasteiger partial charge in [-0.2, -0.15) is 0 Å². The highest BCUT2D eigenvalue weighted by atomic mass is 35.5. The Morgan fingerprint density at radius 2 is 2.00 bits per heavy atom. The number of ether oxygens (including phenoxy) is 3. The van der Waals surface area contributed by atoms with E-state index >= 15 is 0 Å². The quantitative estimate of drug-likeness (QED) is 0.658. The fourth-order valence-corrected chi connectivity index (χ4v) is 3.28. The molecule has 0 unspecified atom stereocenters. The Labute approximate surface area is 167 Å². The molecule has 0 aliphatic heterocycles. The van der Waals surface area contributed by atoms with Crippen LogP contribution in [0.2, 0.25) is 5.02 Å². The normalized spacial score (nSPS) is 11.8. The highest BCUT2D eigenvalue weighted by molar-refractivity contribution is 7.10. The third-order valence-electron chi connectivity index (χ3n) is 3.50. The first kappa shape index (κ1) is 21.1. The first-order valence-corrected chi connectivity index (χ1v) is 9.61. The summed E-state index contributed by atoms with van der Waals surface area (Å²) in [6, 6.07) is 6.58. The molecule has 2 rings (SSSR count). The lowest BCUT2D eigenvalue weighted by molar-refractivity contribution is -0.124. The molecule has 146 valence electrons. The van der Waals surface area contributed by atoms with E-state index in [1.807, 2.05) is 38.3 Å². The SMILES string of the molecule is COc1cc(C(=O)OCC(=O)N[C@H](C)c2cccs2)cc(Cl)c1OC(C)C. The summed E-state index contributed by atoms with van der Waals surface area (Å²) in [7, 11) is 1.45. The number of amides is 1. The zero-order valence-electron chi connectivity index (χ0n) is 15.6. The van der Waals surface area contributed by atoms with Crippen molar-refractivity contribution in [2.45, 2.75) is 32.9 Å². The van der Waals surface area contributed by atoms with E-state index in [-0.39, 0.29) is 28.6 Å². The van der Waals surface area contributed by atoms with Crippen molar-refractivity contribution < 1.29 is 23.8 Å². The summed E-state index contributed by atoms with van der Waals surface area (Å²) < 4.78 is 15.9. The van der Waals surface area contributed by atoms with Crippen LogP contribution in [0.3, 0.4) is 0 Å². The van der Waals surface area contributed by atoms with Crippen molar-refractivity contribution in [2.24, 2.45) is 0 Å². The molecule has 0 bridgehead atoms. The summed E-state index contributed by atoms with van der Waals surface area (Å²) in [5, 5.41) is 4.94. The second-order valence-electron chi connectivity index (χ2n) is 6.04. The van der Waals surface area contributed by atoms with Gasteiger partial charge in [0, 0.05) is 4.88 Å². The number of thiophene rings is 1. The van der Waals surface area contributed by atoms with Gasteiger partial charge in [-0.3, -0.25) is 4.79 Å². The number of methoxy groups -OCH3 is 1. The van der Waals surface area contributed by atoms with Gasteiger partial charge in [-0.25, -0.2) is 4.79 Å². The first-order chi connectivity index (χ1) is 12.8. The van der Waals surface area contributed by atoms with Gasteiger partial charge in [-0.05, 0) is 44.4 Å². The van der Waals surface area contributed by atoms with E-state index in [2.05, 4.69) is 5.32 Å². The average molecular weight is 412 g/mol. The molecule has 1 N–H and O–H groups in total. The van der Waals surface area contributed by atoms with Crippen molar-refractivity contribution in [3.05, 3.63) is 45.1 Å². The fraction of sp³-hybridized carbons (Fsp3) is 0.368. The van der Waals surface area contributed by atoms with Crippen molar-refractivity contribution in [2.75, 3.05) is 13.7 Å². The molecule has 0 fully saturated rings. The molecule has 2 aromatic rings. The maximum atomic E-state index is 12.3. The van der Waals surface area contributed by atoms with Gasteiger partial charge in [0.1, 0.15) is 0 Å². The van der Waals surface area contributed by atoms with Gasteiger partial charge < -0.3 is 19.5 Å². The van der Waals surface area contributed by atoms with Gasteiger partial charge in [-0.15, -0.1) is 11.3 Å². The van der Waals surface area contributed by atoms with E-state index < -0.39 is 12.6 Å². The third-order valence-corrected chi connectivity index (χ3v) is 4.84. The van der Waals surface area contributed by atoms with E-state index in [0.29, 0.717) is 11.5 Å². The minimum absolute atomic E-state index is 0.108. The monoisotopic (exact) mass is 411 g/mol. The predicted octanol–water partition coefficient (Wildman–Crippen LogP) is 4.23.